The molecule has 194 valence electrons. The van der Waals surface area contributed by atoms with E-state index in [1.165, 1.54) is 6.92 Å². The van der Waals surface area contributed by atoms with E-state index in [9.17, 15) is 14.4 Å². The number of aromatic nitrogens is 1. The maximum absolute atomic E-state index is 13.4. The summed E-state index contributed by atoms with van der Waals surface area (Å²) in [7, 11) is 0. The molecule has 1 aromatic heterocycles. The smallest absolute Gasteiger partial charge is 0.270 e. The molecular weight excluding hydrogens is 470 g/mol. The van der Waals surface area contributed by atoms with E-state index < -0.39 is 6.04 Å². The van der Waals surface area contributed by atoms with E-state index in [2.05, 4.69) is 22.5 Å². The van der Waals surface area contributed by atoms with Crippen LogP contribution in [-0.2, 0) is 16.2 Å². The number of nitrogens with one attached hydrogen (secondary N) is 3. The molecule has 0 aliphatic carbocycles. The van der Waals surface area contributed by atoms with Gasteiger partial charge in [0.2, 0.25) is 11.8 Å². The van der Waals surface area contributed by atoms with Crippen LogP contribution in [-0.4, -0.2) is 76.8 Å². The Hall–Kier alpha value is -3.85. The van der Waals surface area contributed by atoms with E-state index in [1.807, 2.05) is 54.6 Å². The van der Waals surface area contributed by atoms with Crippen molar-refractivity contribution in [2.45, 2.75) is 45.0 Å². The minimum Gasteiger partial charge on any atom is -0.489 e. The third-order valence-corrected chi connectivity index (χ3v) is 7.14. The van der Waals surface area contributed by atoms with Crippen LogP contribution in [0.15, 0.2) is 54.6 Å². The van der Waals surface area contributed by atoms with Gasteiger partial charge in [-0.15, -0.1) is 0 Å². The quantitative estimate of drug-likeness (QED) is 0.479. The predicted molar refractivity (Wildman–Crippen MR) is 140 cm³/mol. The van der Waals surface area contributed by atoms with Gasteiger partial charge in [0.05, 0.1) is 6.54 Å². The van der Waals surface area contributed by atoms with Crippen molar-refractivity contribution in [3.63, 3.8) is 0 Å². The molecule has 1 unspecified atom stereocenters. The number of ether oxygens (including phenoxy) is 1. The first-order chi connectivity index (χ1) is 17.9. The summed E-state index contributed by atoms with van der Waals surface area (Å²) in [6, 6.07) is 17.1. The largest absolute Gasteiger partial charge is 0.489 e. The summed E-state index contributed by atoms with van der Waals surface area (Å²) in [5, 5.41) is 7.25. The number of aromatic amines is 1. The van der Waals surface area contributed by atoms with Crippen molar-refractivity contribution < 1.29 is 19.1 Å². The Bertz CT molecular complexity index is 1290. The summed E-state index contributed by atoms with van der Waals surface area (Å²) in [5.74, 6) is 0.140. The molecule has 3 atom stereocenters. The van der Waals surface area contributed by atoms with E-state index in [1.54, 1.807) is 9.80 Å². The molecule has 37 heavy (non-hydrogen) atoms. The van der Waals surface area contributed by atoms with Crippen molar-refractivity contribution in [1.29, 1.82) is 0 Å². The fourth-order valence-corrected chi connectivity index (χ4v) is 5.14. The number of nitrogens with zero attached hydrogens (tertiary/aromatic N) is 2. The highest BCUT2D eigenvalue weighted by atomic mass is 16.5. The van der Waals surface area contributed by atoms with Gasteiger partial charge in [0.25, 0.3) is 5.91 Å². The predicted octanol–water partition coefficient (Wildman–Crippen LogP) is 2.29. The van der Waals surface area contributed by atoms with Gasteiger partial charge in [-0.25, -0.2) is 0 Å². The minimum atomic E-state index is -0.714. The molecule has 2 aromatic carbocycles. The lowest BCUT2D eigenvalue weighted by Crippen LogP contribution is -2.62. The lowest BCUT2D eigenvalue weighted by Gasteiger charge is -2.40. The molecule has 5 rings (SSSR count). The number of rotatable bonds is 6. The van der Waals surface area contributed by atoms with Crippen molar-refractivity contribution in [3.8, 4) is 5.75 Å². The van der Waals surface area contributed by atoms with Crippen molar-refractivity contribution in [2.24, 2.45) is 0 Å². The zero-order valence-corrected chi connectivity index (χ0v) is 21.2. The Labute approximate surface area is 216 Å². The monoisotopic (exact) mass is 503 g/mol. The highest BCUT2D eigenvalue weighted by molar-refractivity contribution is 5.99. The van der Waals surface area contributed by atoms with Crippen molar-refractivity contribution >= 4 is 28.6 Å². The van der Waals surface area contributed by atoms with Gasteiger partial charge in [-0.2, -0.15) is 0 Å². The molecule has 2 aliphatic rings. The SMILES string of the molecule is CC(=O)N1CCN(C(=O)c2cc3cc(OCc4ccccc4)ccc3[nH]2)CC1C(=O)N[C@@H]1CN[C@H](C)C1. The number of hydrogen-bond acceptors (Lipinski definition) is 5. The first kappa shape index (κ1) is 24.8. The topological polar surface area (TPSA) is 107 Å². The van der Waals surface area contributed by atoms with Crippen LogP contribution < -0.4 is 15.4 Å². The Balaban J connectivity index is 1.27. The summed E-state index contributed by atoms with van der Waals surface area (Å²) >= 11 is 0. The number of carbonyl (C=O) groups is 3. The average molecular weight is 504 g/mol. The number of benzene rings is 2. The zero-order valence-electron chi connectivity index (χ0n) is 21.2. The van der Waals surface area contributed by atoms with Crippen LogP contribution in [0, 0.1) is 0 Å². The molecule has 3 N–H and O–H groups in total. The molecule has 2 saturated heterocycles. The van der Waals surface area contributed by atoms with E-state index in [4.69, 9.17) is 4.74 Å². The summed E-state index contributed by atoms with van der Waals surface area (Å²) in [4.78, 5) is 45.2. The molecule has 0 saturated carbocycles. The fourth-order valence-electron chi connectivity index (χ4n) is 5.14. The third kappa shape index (κ3) is 5.61. The van der Waals surface area contributed by atoms with Gasteiger partial charge in [0.15, 0.2) is 0 Å². The van der Waals surface area contributed by atoms with Gasteiger partial charge < -0.3 is 30.2 Å². The van der Waals surface area contributed by atoms with Crippen molar-refractivity contribution in [1.82, 2.24) is 25.4 Å². The van der Waals surface area contributed by atoms with Gasteiger partial charge in [-0.05, 0) is 43.2 Å². The Morgan fingerprint density at radius 1 is 1.08 bits per heavy atom. The van der Waals surface area contributed by atoms with Crippen LogP contribution >= 0.6 is 0 Å². The van der Waals surface area contributed by atoms with Crippen LogP contribution in [0.2, 0.25) is 0 Å². The summed E-state index contributed by atoms with van der Waals surface area (Å²) in [6.07, 6.45) is 0.841. The summed E-state index contributed by atoms with van der Waals surface area (Å²) in [6.45, 7) is 5.54. The molecule has 9 heteroatoms. The maximum atomic E-state index is 13.4. The van der Waals surface area contributed by atoms with E-state index >= 15 is 0 Å². The number of piperazine rings is 1. The molecule has 3 heterocycles. The molecule has 9 nitrogen and oxygen atoms in total. The summed E-state index contributed by atoms with van der Waals surface area (Å²) < 4.78 is 5.93. The van der Waals surface area contributed by atoms with Crippen LogP contribution in [0.5, 0.6) is 5.75 Å². The molecule has 0 radical (unpaired) electrons. The molecule has 2 fully saturated rings. The highest BCUT2D eigenvalue weighted by Gasteiger charge is 2.37. The fraction of sp³-hybridized carbons (Fsp3) is 0.393. The lowest BCUT2D eigenvalue weighted by molar-refractivity contribution is -0.142. The maximum Gasteiger partial charge on any atom is 0.270 e. The highest BCUT2D eigenvalue weighted by Crippen LogP contribution is 2.24. The zero-order chi connectivity index (χ0) is 25.9. The molecule has 2 aliphatic heterocycles. The van der Waals surface area contributed by atoms with Gasteiger partial charge in [0.1, 0.15) is 24.1 Å². The number of amides is 3. The average Bonchev–Trinajstić information content (AvgIpc) is 3.52. The van der Waals surface area contributed by atoms with Gasteiger partial charge >= 0.3 is 0 Å². The second kappa shape index (κ2) is 10.6. The second-order valence-corrected chi connectivity index (χ2v) is 9.94. The standard InChI is InChI=1S/C28H33N5O4/c1-18-12-22(15-29-18)30-27(35)26-16-32(10-11-33(26)19(2)34)28(36)25-14-21-13-23(8-9-24(21)31-25)37-17-20-6-4-3-5-7-20/h3-9,13-14,18,22,26,29,31H,10-12,15-17H2,1-2H3,(H,30,35)/t18-,22+,26?/m1/s1. The first-order valence-electron chi connectivity index (χ1n) is 12.8. The molecule has 3 amide bonds. The van der Waals surface area contributed by atoms with Crippen LogP contribution in [0.25, 0.3) is 10.9 Å². The Morgan fingerprint density at radius 2 is 1.89 bits per heavy atom. The van der Waals surface area contributed by atoms with Crippen LogP contribution in [0.1, 0.15) is 36.3 Å². The van der Waals surface area contributed by atoms with E-state index in [0.29, 0.717) is 38.0 Å². The first-order valence-corrected chi connectivity index (χ1v) is 12.8. The molecule has 0 bridgehead atoms. The molecule has 0 spiro atoms. The minimum absolute atomic E-state index is 0.0226. The number of hydrogen-bond donors (Lipinski definition) is 3. The van der Waals surface area contributed by atoms with E-state index in [-0.39, 0.29) is 30.3 Å². The lowest BCUT2D eigenvalue weighted by atomic mass is 10.1. The number of H-pyrrole nitrogens is 1. The number of fused-ring (bicyclic) bond motifs is 1. The molecule has 3 aromatic rings. The van der Waals surface area contributed by atoms with Gasteiger partial charge in [-0.3, -0.25) is 14.4 Å². The van der Waals surface area contributed by atoms with Gasteiger partial charge in [-0.1, -0.05) is 30.3 Å². The Kier molecular flexibility index (Phi) is 7.14. The summed E-state index contributed by atoms with van der Waals surface area (Å²) in [5.41, 5.74) is 2.35. The van der Waals surface area contributed by atoms with Crippen molar-refractivity contribution in [2.75, 3.05) is 26.2 Å². The van der Waals surface area contributed by atoms with Crippen LogP contribution in [0.3, 0.4) is 0 Å². The third-order valence-electron chi connectivity index (χ3n) is 7.14. The van der Waals surface area contributed by atoms with E-state index in [0.717, 1.165) is 28.6 Å². The molecular formula is C28H33N5O4. The van der Waals surface area contributed by atoms with Crippen molar-refractivity contribution in [3.05, 3.63) is 65.9 Å². The second-order valence-electron chi connectivity index (χ2n) is 9.94. The van der Waals surface area contributed by atoms with Gasteiger partial charge in [0, 0.05) is 49.5 Å². The number of carbonyl (C=O) groups excluding carboxylic acids is 3. The van der Waals surface area contributed by atoms with Crippen LogP contribution in [0.4, 0.5) is 0 Å². The normalized spacial score (nSPS) is 21.7. The Morgan fingerprint density at radius 3 is 2.62 bits per heavy atom.